The van der Waals surface area contributed by atoms with Gasteiger partial charge in [0.25, 0.3) is 0 Å². The number of hydrogen-bond donors (Lipinski definition) is 1. The predicted octanol–water partition coefficient (Wildman–Crippen LogP) is 3.98. The molecule has 0 fully saturated rings. The summed E-state index contributed by atoms with van der Waals surface area (Å²) in [6, 6.07) is 8.35. The molecule has 3 aromatic rings. The summed E-state index contributed by atoms with van der Waals surface area (Å²) in [6.07, 6.45) is -4.35. The number of alkyl halides is 3. The Hall–Kier alpha value is -2.70. The van der Waals surface area contributed by atoms with Gasteiger partial charge in [-0.3, -0.25) is 0 Å². The lowest BCUT2D eigenvalue weighted by Crippen LogP contribution is -2.04. The second-order valence-electron chi connectivity index (χ2n) is 4.88. The van der Waals surface area contributed by atoms with Crippen molar-refractivity contribution in [3.05, 3.63) is 42.0 Å². The first-order valence-electron chi connectivity index (χ1n) is 6.48. The smallest absolute Gasteiger partial charge is 0.416 e. The Bertz CT molecular complexity index is 813. The van der Waals surface area contributed by atoms with Crippen molar-refractivity contribution in [1.82, 2.24) is 9.97 Å². The molecule has 0 saturated carbocycles. The third-order valence-electron chi connectivity index (χ3n) is 3.46. The fraction of sp³-hybridized carbons (Fsp3) is 0.133. The van der Waals surface area contributed by atoms with E-state index in [1.165, 1.54) is 12.1 Å². The van der Waals surface area contributed by atoms with Crippen molar-refractivity contribution in [3.63, 3.8) is 0 Å². The third-order valence-corrected chi connectivity index (χ3v) is 3.46. The summed E-state index contributed by atoms with van der Waals surface area (Å²) in [7, 11) is 0. The Morgan fingerprint density at radius 2 is 1.68 bits per heavy atom. The molecule has 1 aliphatic rings. The van der Waals surface area contributed by atoms with E-state index < -0.39 is 11.7 Å². The molecule has 1 aromatic heterocycles. The van der Waals surface area contributed by atoms with E-state index in [-0.39, 0.29) is 6.79 Å². The number of benzene rings is 2. The molecule has 4 rings (SSSR count). The number of fused-ring (bicyclic) bond motifs is 2. The molecule has 0 bridgehead atoms. The maximum absolute atomic E-state index is 12.6. The van der Waals surface area contributed by atoms with Crippen molar-refractivity contribution in [3.8, 4) is 22.9 Å². The van der Waals surface area contributed by atoms with E-state index in [9.17, 15) is 13.2 Å². The molecular weight excluding hydrogens is 297 g/mol. The predicted molar refractivity (Wildman–Crippen MR) is 72.7 cm³/mol. The number of halogens is 3. The van der Waals surface area contributed by atoms with E-state index in [4.69, 9.17) is 9.47 Å². The van der Waals surface area contributed by atoms with E-state index >= 15 is 0 Å². The quantitative estimate of drug-likeness (QED) is 0.740. The van der Waals surface area contributed by atoms with E-state index in [2.05, 4.69) is 9.97 Å². The fourth-order valence-electron chi connectivity index (χ4n) is 2.35. The second kappa shape index (κ2) is 4.40. The molecule has 4 nitrogen and oxygen atoms in total. The van der Waals surface area contributed by atoms with Gasteiger partial charge in [-0.15, -0.1) is 0 Å². The molecule has 2 aromatic carbocycles. The van der Waals surface area contributed by atoms with Crippen LogP contribution < -0.4 is 9.47 Å². The number of H-pyrrole nitrogens is 1. The topological polar surface area (TPSA) is 47.1 Å². The van der Waals surface area contributed by atoms with Crippen LogP contribution >= 0.6 is 0 Å². The molecule has 112 valence electrons. The molecular formula is C15H9F3N2O2. The molecule has 0 amide bonds. The average Bonchev–Trinajstić information content (AvgIpc) is 3.09. The molecule has 1 N–H and O–H groups in total. The van der Waals surface area contributed by atoms with Gasteiger partial charge in [0.2, 0.25) is 6.79 Å². The minimum Gasteiger partial charge on any atom is -0.454 e. The van der Waals surface area contributed by atoms with Crippen LogP contribution in [-0.4, -0.2) is 16.8 Å². The Kier molecular flexibility index (Phi) is 2.60. The van der Waals surface area contributed by atoms with Gasteiger partial charge in [0.1, 0.15) is 5.82 Å². The highest BCUT2D eigenvalue weighted by molar-refractivity contribution is 5.83. The van der Waals surface area contributed by atoms with E-state index in [1.54, 1.807) is 12.1 Å². The number of imidazole rings is 1. The summed E-state index contributed by atoms with van der Waals surface area (Å²) in [5, 5.41) is 0. The zero-order valence-corrected chi connectivity index (χ0v) is 11.1. The van der Waals surface area contributed by atoms with E-state index in [0.29, 0.717) is 28.4 Å². The number of nitrogens with zero attached hydrogens (tertiary/aromatic N) is 1. The molecule has 0 aliphatic carbocycles. The minimum atomic E-state index is -4.35. The highest BCUT2D eigenvalue weighted by atomic mass is 19.4. The zero-order chi connectivity index (χ0) is 15.3. The first kappa shape index (κ1) is 13.0. The van der Waals surface area contributed by atoms with Crippen molar-refractivity contribution in [1.29, 1.82) is 0 Å². The van der Waals surface area contributed by atoms with Crippen LogP contribution in [0.15, 0.2) is 36.4 Å². The molecule has 2 heterocycles. The van der Waals surface area contributed by atoms with E-state index in [1.807, 2.05) is 0 Å². The molecule has 1 aliphatic heterocycles. The van der Waals surface area contributed by atoms with Crippen molar-refractivity contribution in [2.24, 2.45) is 0 Å². The Balaban J connectivity index is 1.75. The van der Waals surface area contributed by atoms with Gasteiger partial charge in [0.15, 0.2) is 11.5 Å². The number of nitrogens with one attached hydrogen (secondary N) is 1. The van der Waals surface area contributed by atoms with Gasteiger partial charge in [-0.2, -0.15) is 13.2 Å². The van der Waals surface area contributed by atoms with Gasteiger partial charge < -0.3 is 14.5 Å². The van der Waals surface area contributed by atoms with Crippen LogP contribution in [0.2, 0.25) is 0 Å². The summed E-state index contributed by atoms with van der Waals surface area (Å²) in [4.78, 5) is 7.45. The lowest BCUT2D eigenvalue weighted by atomic mass is 10.1. The van der Waals surface area contributed by atoms with Gasteiger partial charge in [0, 0.05) is 17.7 Å². The van der Waals surface area contributed by atoms with Crippen LogP contribution in [0.1, 0.15) is 5.56 Å². The maximum Gasteiger partial charge on any atom is 0.416 e. The SMILES string of the molecule is FC(F)(F)c1ccc(-c2nc3cc4c(cc3[nH]2)OCO4)cc1. The van der Waals surface area contributed by atoms with Crippen LogP contribution in [0, 0.1) is 0 Å². The molecule has 0 atom stereocenters. The normalized spacial score (nSPS) is 13.8. The number of rotatable bonds is 1. The number of aromatic amines is 1. The lowest BCUT2D eigenvalue weighted by molar-refractivity contribution is -0.137. The molecule has 22 heavy (non-hydrogen) atoms. The average molecular weight is 306 g/mol. The third kappa shape index (κ3) is 2.05. The highest BCUT2D eigenvalue weighted by Gasteiger charge is 2.30. The summed E-state index contributed by atoms with van der Waals surface area (Å²) >= 11 is 0. The zero-order valence-electron chi connectivity index (χ0n) is 11.1. The van der Waals surface area contributed by atoms with Crippen LogP contribution in [0.4, 0.5) is 13.2 Å². The Labute approximate surface area is 122 Å². The Morgan fingerprint density at radius 3 is 2.36 bits per heavy atom. The lowest BCUT2D eigenvalue weighted by Gasteiger charge is -2.06. The van der Waals surface area contributed by atoms with Gasteiger partial charge in [-0.1, -0.05) is 12.1 Å². The monoisotopic (exact) mass is 306 g/mol. The fourth-order valence-corrected chi connectivity index (χ4v) is 2.35. The van der Waals surface area contributed by atoms with Gasteiger partial charge in [-0.05, 0) is 12.1 Å². The summed E-state index contributed by atoms with van der Waals surface area (Å²) in [6.45, 7) is 0.174. The summed E-state index contributed by atoms with van der Waals surface area (Å²) < 4.78 is 48.3. The van der Waals surface area contributed by atoms with Crippen LogP contribution in [0.25, 0.3) is 22.4 Å². The highest BCUT2D eigenvalue weighted by Crippen LogP contribution is 2.36. The summed E-state index contributed by atoms with van der Waals surface area (Å²) in [5.74, 6) is 1.72. The molecule has 7 heteroatoms. The molecule has 0 spiro atoms. The maximum atomic E-state index is 12.6. The number of ether oxygens (including phenoxy) is 2. The van der Waals surface area contributed by atoms with Gasteiger partial charge >= 0.3 is 6.18 Å². The number of aromatic nitrogens is 2. The largest absolute Gasteiger partial charge is 0.454 e. The molecule has 0 unspecified atom stereocenters. The molecule has 0 radical (unpaired) electrons. The van der Waals surface area contributed by atoms with Gasteiger partial charge in [-0.25, -0.2) is 4.98 Å². The minimum absolute atomic E-state index is 0.174. The first-order valence-corrected chi connectivity index (χ1v) is 6.48. The second-order valence-corrected chi connectivity index (χ2v) is 4.88. The summed E-state index contributed by atoms with van der Waals surface area (Å²) in [5.41, 5.74) is 1.29. The van der Waals surface area contributed by atoms with Crippen molar-refractivity contribution in [2.45, 2.75) is 6.18 Å². The first-order chi connectivity index (χ1) is 10.5. The van der Waals surface area contributed by atoms with Crippen molar-refractivity contribution in [2.75, 3.05) is 6.79 Å². The van der Waals surface area contributed by atoms with Crippen molar-refractivity contribution < 1.29 is 22.6 Å². The van der Waals surface area contributed by atoms with Crippen LogP contribution in [0.5, 0.6) is 11.5 Å². The standard InChI is InChI=1S/C15H9F3N2O2/c16-15(17,18)9-3-1-8(2-4-9)14-19-10-5-12-13(22-7-21-12)6-11(10)20-14/h1-6H,7H2,(H,19,20). The van der Waals surface area contributed by atoms with Crippen LogP contribution in [-0.2, 0) is 6.18 Å². The van der Waals surface area contributed by atoms with Gasteiger partial charge in [0.05, 0.1) is 16.6 Å². The van der Waals surface area contributed by atoms with E-state index in [0.717, 1.165) is 17.6 Å². The van der Waals surface area contributed by atoms with Crippen LogP contribution in [0.3, 0.4) is 0 Å². The van der Waals surface area contributed by atoms with Crippen molar-refractivity contribution >= 4 is 11.0 Å². The molecule has 0 saturated heterocycles. The Morgan fingerprint density at radius 1 is 1.00 bits per heavy atom. The number of hydrogen-bond acceptors (Lipinski definition) is 3.